The van der Waals surface area contributed by atoms with Crippen LogP contribution in [0.3, 0.4) is 0 Å². The highest BCUT2D eigenvalue weighted by Crippen LogP contribution is 2.25. The summed E-state index contributed by atoms with van der Waals surface area (Å²) in [7, 11) is 0. The summed E-state index contributed by atoms with van der Waals surface area (Å²) in [5, 5.41) is 17.7. The lowest BCUT2D eigenvalue weighted by Gasteiger charge is -2.20. The van der Waals surface area contributed by atoms with Crippen LogP contribution in [0.25, 0.3) is 6.08 Å². The summed E-state index contributed by atoms with van der Waals surface area (Å²) in [5.74, 6) is -1.10. The van der Waals surface area contributed by atoms with E-state index in [0.717, 1.165) is 18.8 Å². The van der Waals surface area contributed by atoms with Gasteiger partial charge in [0, 0.05) is 36.0 Å². The first-order chi connectivity index (χ1) is 17.8. The van der Waals surface area contributed by atoms with Gasteiger partial charge in [-0.1, -0.05) is 36.4 Å². The number of hydrogen-bond donors (Lipinski definition) is 2. The summed E-state index contributed by atoms with van der Waals surface area (Å²) in [6.45, 7) is 5.88. The minimum atomic E-state index is -0.653. The monoisotopic (exact) mass is 563 g/mol. The van der Waals surface area contributed by atoms with Gasteiger partial charge >= 0.3 is 0 Å². The normalized spacial score (nSPS) is 11.3. The van der Waals surface area contributed by atoms with E-state index in [9.17, 15) is 19.7 Å². The molecule has 0 aliphatic carbocycles. The SMILES string of the molecule is CCN(CC)c1ccc(/C=C(\NC(=O)c2ccccc2)C(=O)N/N=C/c2ccc(Br)c([N+](=O)[O-])c2)cc1. The molecule has 190 valence electrons. The van der Waals surface area contributed by atoms with Crippen molar-refractivity contribution in [3.63, 3.8) is 0 Å². The lowest BCUT2D eigenvalue weighted by Crippen LogP contribution is -2.32. The molecule has 3 rings (SSSR count). The topological polar surface area (TPSA) is 117 Å². The maximum absolute atomic E-state index is 13.0. The van der Waals surface area contributed by atoms with E-state index in [1.54, 1.807) is 42.5 Å². The minimum Gasteiger partial charge on any atom is -0.372 e. The molecule has 0 unspecified atom stereocenters. The van der Waals surface area contributed by atoms with Gasteiger partial charge in [-0.25, -0.2) is 5.43 Å². The van der Waals surface area contributed by atoms with Gasteiger partial charge in [-0.15, -0.1) is 0 Å². The maximum atomic E-state index is 13.0. The molecule has 0 saturated heterocycles. The quantitative estimate of drug-likeness (QED) is 0.153. The smallest absolute Gasteiger partial charge is 0.287 e. The first-order valence-corrected chi connectivity index (χ1v) is 12.3. The van der Waals surface area contributed by atoms with E-state index in [0.29, 0.717) is 21.2 Å². The Kier molecular flexibility index (Phi) is 9.68. The Morgan fingerprint density at radius 3 is 2.27 bits per heavy atom. The molecule has 3 aromatic carbocycles. The van der Waals surface area contributed by atoms with Crippen molar-refractivity contribution >= 4 is 51.4 Å². The highest BCUT2D eigenvalue weighted by molar-refractivity contribution is 9.10. The number of benzene rings is 3. The third-order valence-electron chi connectivity index (χ3n) is 5.41. The van der Waals surface area contributed by atoms with Gasteiger partial charge in [0.2, 0.25) is 0 Å². The Hall–Kier alpha value is -4.31. The molecule has 37 heavy (non-hydrogen) atoms. The molecule has 0 heterocycles. The van der Waals surface area contributed by atoms with Gasteiger partial charge in [-0.05, 0) is 71.7 Å². The third kappa shape index (κ3) is 7.58. The summed E-state index contributed by atoms with van der Waals surface area (Å²) < 4.78 is 0.333. The van der Waals surface area contributed by atoms with Crippen molar-refractivity contribution in [1.29, 1.82) is 0 Å². The molecule has 0 radical (unpaired) electrons. The number of anilines is 1. The second-order valence-electron chi connectivity index (χ2n) is 7.81. The molecule has 0 bridgehead atoms. The van der Waals surface area contributed by atoms with Gasteiger partial charge in [-0.3, -0.25) is 19.7 Å². The maximum Gasteiger partial charge on any atom is 0.287 e. The predicted molar refractivity (Wildman–Crippen MR) is 148 cm³/mol. The van der Waals surface area contributed by atoms with Crippen LogP contribution in [0.2, 0.25) is 0 Å². The lowest BCUT2D eigenvalue weighted by atomic mass is 10.1. The van der Waals surface area contributed by atoms with Gasteiger partial charge < -0.3 is 10.2 Å². The summed E-state index contributed by atoms with van der Waals surface area (Å²) in [5.41, 5.74) is 4.81. The Bertz CT molecular complexity index is 1320. The lowest BCUT2D eigenvalue weighted by molar-refractivity contribution is -0.385. The number of carbonyl (C=O) groups is 2. The van der Waals surface area contributed by atoms with E-state index in [-0.39, 0.29) is 11.4 Å². The molecular formula is C27H26BrN5O4. The molecular weight excluding hydrogens is 538 g/mol. The first kappa shape index (κ1) is 27.3. The molecule has 2 N–H and O–H groups in total. The van der Waals surface area contributed by atoms with Crippen LogP contribution in [-0.2, 0) is 4.79 Å². The third-order valence-corrected chi connectivity index (χ3v) is 6.08. The number of hydrazone groups is 1. The van der Waals surface area contributed by atoms with E-state index >= 15 is 0 Å². The van der Waals surface area contributed by atoms with Crippen LogP contribution in [0.15, 0.2) is 88.1 Å². The van der Waals surface area contributed by atoms with E-state index < -0.39 is 16.7 Å². The minimum absolute atomic E-state index is 0.0108. The van der Waals surface area contributed by atoms with Crippen LogP contribution in [0.1, 0.15) is 35.3 Å². The van der Waals surface area contributed by atoms with Crippen LogP contribution >= 0.6 is 15.9 Å². The van der Waals surface area contributed by atoms with Crippen LogP contribution in [0.4, 0.5) is 11.4 Å². The van der Waals surface area contributed by atoms with Crippen LogP contribution in [0.5, 0.6) is 0 Å². The standard InChI is InChI=1S/C27H26BrN5O4/c1-3-32(4-2)22-13-10-19(11-14-22)16-24(30-26(34)21-8-6-5-7-9-21)27(35)31-29-18-20-12-15-23(28)25(17-20)33(36)37/h5-18H,3-4H2,1-2H3,(H,30,34)(H,31,35)/b24-16-,29-18+. The van der Waals surface area contributed by atoms with E-state index in [4.69, 9.17) is 0 Å². The fraction of sp³-hybridized carbons (Fsp3) is 0.148. The van der Waals surface area contributed by atoms with Crippen LogP contribution in [0, 0.1) is 10.1 Å². The average molecular weight is 564 g/mol. The molecule has 0 aliphatic rings. The second kappa shape index (κ2) is 13.1. The van der Waals surface area contributed by atoms with Gasteiger partial charge in [0.25, 0.3) is 17.5 Å². The van der Waals surface area contributed by atoms with Crippen molar-refractivity contribution in [3.05, 3.63) is 110 Å². The Morgan fingerprint density at radius 1 is 1.00 bits per heavy atom. The number of halogens is 1. The van der Waals surface area contributed by atoms with E-state index in [2.05, 4.69) is 50.5 Å². The van der Waals surface area contributed by atoms with E-state index in [1.165, 1.54) is 18.3 Å². The summed E-state index contributed by atoms with van der Waals surface area (Å²) in [6, 6.07) is 20.6. The fourth-order valence-electron chi connectivity index (χ4n) is 3.45. The van der Waals surface area contributed by atoms with Crippen molar-refractivity contribution in [1.82, 2.24) is 10.7 Å². The number of nitrogens with zero attached hydrogens (tertiary/aromatic N) is 3. The number of nitro benzene ring substituents is 1. The van der Waals surface area contributed by atoms with Crippen LogP contribution < -0.4 is 15.6 Å². The molecule has 0 aliphatic heterocycles. The van der Waals surface area contributed by atoms with Crippen LogP contribution in [-0.4, -0.2) is 36.0 Å². The second-order valence-corrected chi connectivity index (χ2v) is 8.66. The fourth-order valence-corrected chi connectivity index (χ4v) is 3.85. The molecule has 0 fully saturated rings. The zero-order valence-corrected chi connectivity index (χ0v) is 21.9. The number of amides is 2. The molecule has 0 aromatic heterocycles. The van der Waals surface area contributed by atoms with E-state index in [1.807, 2.05) is 24.3 Å². The number of nitro groups is 1. The molecule has 0 saturated carbocycles. The highest BCUT2D eigenvalue weighted by atomic mass is 79.9. The van der Waals surface area contributed by atoms with Gasteiger partial charge in [-0.2, -0.15) is 5.10 Å². The first-order valence-electron chi connectivity index (χ1n) is 11.5. The summed E-state index contributed by atoms with van der Waals surface area (Å²) >= 11 is 3.13. The average Bonchev–Trinajstić information content (AvgIpc) is 2.91. The summed E-state index contributed by atoms with van der Waals surface area (Å²) in [6.07, 6.45) is 2.84. The highest BCUT2D eigenvalue weighted by Gasteiger charge is 2.15. The van der Waals surface area contributed by atoms with Crippen molar-refractivity contribution in [2.24, 2.45) is 5.10 Å². The number of hydrogen-bond acceptors (Lipinski definition) is 6. The van der Waals surface area contributed by atoms with Gasteiger partial charge in [0.05, 0.1) is 15.6 Å². The molecule has 2 amide bonds. The molecule has 0 atom stereocenters. The predicted octanol–water partition coefficient (Wildman–Crippen LogP) is 5.12. The largest absolute Gasteiger partial charge is 0.372 e. The number of rotatable bonds is 10. The van der Waals surface area contributed by atoms with Crippen molar-refractivity contribution in [2.75, 3.05) is 18.0 Å². The molecule has 10 heteroatoms. The number of nitrogens with one attached hydrogen (secondary N) is 2. The van der Waals surface area contributed by atoms with Crippen molar-refractivity contribution < 1.29 is 14.5 Å². The Balaban J connectivity index is 1.83. The molecule has 9 nitrogen and oxygen atoms in total. The van der Waals surface area contributed by atoms with Gasteiger partial charge in [0.1, 0.15) is 5.70 Å². The van der Waals surface area contributed by atoms with Crippen molar-refractivity contribution in [3.8, 4) is 0 Å². The number of carbonyl (C=O) groups excluding carboxylic acids is 2. The molecule has 3 aromatic rings. The zero-order chi connectivity index (χ0) is 26.8. The summed E-state index contributed by atoms with van der Waals surface area (Å²) in [4.78, 5) is 38.5. The van der Waals surface area contributed by atoms with Gasteiger partial charge in [0.15, 0.2) is 0 Å². The van der Waals surface area contributed by atoms with Crippen molar-refractivity contribution in [2.45, 2.75) is 13.8 Å². The molecule has 0 spiro atoms. The zero-order valence-electron chi connectivity index (χ0n) is 20.3. The Morgan fingerprint density at radius 2 is 1.65 bits per heavy atom. The Labute approximate surface area is 223 Å².